The van der Waals surface area contributed by atoms with Gasteiger partial charge in [0.1, 0.15) is 5.76 Å². The van der Waals surface area contributed by atoms with Crippen LogP contribution in [0.4, 0.5) is 5.69 Å². The largest absolute Gasteiger partial charge is 0.493 e. The third kappa shape index (κ3) is 4.03. The molecule has 32 heavy (non-hydrogen) atoms. The van der Waals surface area contributed by atoms with Crippen molar-refractivity contribution in [1.29, 1.82) is 0 Å². The van der Waals surface area contributed by atoms with Crippen molar-refractivity contribution in [3.63, 3.8) is 0 Å². The van der Waals surface area contributed by atoms with E-state index in [2.05, 4.69) is 0 Å². The maximum Gasteiger partial charge on any atom is 0.272 e. The number of hydrogen-bond donors (Lipinski definition) is 0. The van der Waals surface area contributed by atoms with Gasteiger partial charge in [0.2, 0.25) is 0 Å². The fourth-order valence-corrected chi connectivity index (χ4v) is 4.76. The third-order valence-electron chi connectivity index (χ3n) is 5.12. The maximum absolute atomic E-state index is 13.6. The van der Waals surface area contributed by atoms with E-state index >= 15 is 0 Å². The van der Waals surface area contributed by atoms with Crippen LogP contribution >= 0.6 is 11.8 Å². The summed E-state index contributed by atoms with van der Waals surface area (Å²) in [5, 5.41) is 0. The van der Waals surface area contributed by atoms with Gasteiger partial charge in [0.05, 0.1) is 42.4 Å². The topological polar surface area (TPSA) is 69.0 Å². The average Bonchev–Trinajstić information content (AvgIpc) is 3.37. The molecule has 0 N–H and O–H groups in total. The van der Waals surface area contributed by atoms with Crippen LogP contribution in [0.2, 0.25) is 0 Å². The molecule has 0 radical (unpaired) electrons. The van der Waals surface area contributed by atoms with Gasteiger partial charge in [-0.05, 0) is 66.9 Å². The summed E-state index contributed by atoms with van der Waals surface area (Å²) in [6.45, 7) is 3.88. The molecule has 0 saturated carbocycles. The van der Waals surface area contributed by atoms with Gasteiger partial charge in [-0.25, -0.2) is 4.90 Å². The average molecular weight is 450 g/mol. The molecule has 0 fully saturated rings. The summed E-state index contributed by atoms with van der Waals surface area (Å²) >= 11 is 1.29. The molecule has 3 aromatic rings. The van der Waals surface area contributed by atoms with Crippen molar-refractivity contribution in [2.75, 3.05) is 19.1 Å². The summed E-state index contributed by atoms with van der Waals surface area (Å²) < 4.78 is 16.2. The normalized spacial score (nSPS) is 13.8. The summed E-state index contributed by atoms with van der Waals surface area (Å²) in [5.41, 5.74) is 3.44. The summed E-state index contributed by atoms with van der Waals surface area (Å²) in [4.78, 5) is 28.7. The van der Waals surface area contributed by atoms with Crippen molar-refractivity contribution in [1.82, 2.24) is 0 Å². The number of ether oxygens (including phenoxy) is 2. The second kappa shape index (κ2) is 8.96. The van der Waals surface area contributed by atoms with Gasteiger partial charge >= 0.3 is 0 Å². The van der Waals surface area contributed by atoms with E-state index in [1.54, 1.807) is 37.6 Å². The minimum atomic E-state index is -0.367. The third-order valence-corrected chi connectivity index (χ3v) is 6.21. The highest BCUT2D eigenvalue weighted by Gasteiger charge is 2.40. The Morgan fingerprint density at radius 3 is 2.25 bits per heavy atom. The van der Waals surface area contributed by atoms with Gasteiger partial charge < -0.3 is 13.9 Å². The number of nitrogens with zero attached hydrogens (tertiary/aromatic N) is 1. The molecule has 164 valence electrons. The molecule has 0 atom stereocenters. The number of methoxy groups -OCH3 is 2. The Bertz CT molecular complexity index is 1190. The van der Waals surface area contributed by atoms with Crippen LogP contribution in [0, 0.1) is 13.8 Å². The van der Waals surface area contributed by atoms with Gasteiger partial charge in [0.25, 0.3) is 11.8 Å². The molecule has 1 aliphatic rings. The molecule has 1 aliphatic heterocycles. The number of carbonyl (C=O) groups excluding carboxylic acids is 2. The van der Waals surface area contributed by atoms with Crippen molar-refractivity contribution < 1.29 is 23.5 Å². The molecular formula is C25H23NO5S. The summed E-state index contributed by atoms with van der Waals surface area (Å²) in [6.07, 6.45) is 1.59. The van der Waals surface area contributed by atoms with E-state index in [0.29, 0.717) is 39.0 Å². The number of amides is 2. The molecule has 0 unspecified atom stereocenters. The standard InChI is InChI=1S/C25H23NO5S/c1-15-10-16(2)12-18(11-15)26-24(27)22(17-7-8-20(29-3)21(13-17)30-4)23(25(26)28)32-14-19-6-5-9-31-19/h5-13H,14H2,1-4H3. The van der Waals surface area contributed by atoms with Crippen LogP contribution in [0.1, 0.15) is 22.5 Å². The van der Waals surface area contributed by atoms with E-state index < -0.39 is 0 Å². The van der Waals surface area contributed by atoms with Gasteiger partial charge in [0, 0.05) is 0 Å². The van der Waals surface area contributed by atoms with E-state index in [0.717, 1.165) is 16.9 Å². The van der Waals surface area contributed by atoms with Crippen LogP contribution < -0.4 is 14.4 Å². The molecular weight excluding hydrogens is 426 g/mol. The Morgan fingerprint density at radius 1 is 0.906 bits per heavy atom. The highest BCUT2D eigenvalue weighted by molar-refractivity contribution is 8.03. The molecule has 0 saturated heterocycles. The number of carbonyl (C=O) groups is 2. The Hall–Kier alpha value is -3.45. The van der Waals surface area contributed by atoms with Crippen LogP contribution in [0.3, 0.4) is 0 Å². The van der Waals surface area contributed by atoms with Crippen LogP contribution in [-0.2, 0) is 15.3 Å². The Labute approximate surface area is 190 Å². The van der Waals surface area contributed by atoms with Crippen molar-refractivity contribution in [2.45, 2.75) is 19.6 Å². The molecule has 7 heteroatoms. The second-order valence-corrected chi connectivity index (χ2v) is 8.42. The van der Waals surface area contributed by atoms with Crippen LogP contribution in [0.15, 0.2) is 64.1 Å². The minimum Gasteiger partial charge on any atom is -0.493 e. The fraction of sp³-hybridized carbons (Fsp3) is 0.200. The predicted octanol–water partition coefficient (Wildman–Crippen LogP) is 5.13. The van der Waals surface area contributed by atoms with Crippen LogP contribution in [0.25, 0.3) is 5.57 Å². The number of thioether (sulfide) groups is 1. The SMILES string of the molecule is COc1ccc(C2=C(SCc3ccco3)C(=O)N(c3cc(C)cc(C)c3)C2=O)cc1OC. The second-order valence-electron chi connectivity index (χ2n) is 7.43. The first-order valence-electron chi connectivity index (χ1n) is 10.0. The molecule has 6 nitrogen and oxygen atoms in total. The molecule has 2 heterocycles. The molecule has 0 bridgehead atoms. The lowest BCUT2D eigenvalue weighted by molar-refractivity contribution is -0.119. The van der Waals surface area contributed by atoms with Gasteiger partial charge in [-0.15, -0.1) is 11.8 Å². The molecule has 4 rings (SSSR count). The Balaban J connectivity index is 1.80. The number of rotatable bonds is 7. The molecule has 1 aromatic heterocycles. The van der Waals surface area contributed by atoms with Gasteiger partial charge in [-0.3, -0.25) is 9.59 Å². The number of aryl methyl sites for hydroxylation is 2. The lowest BCUT2D eigenvalue weighted by Crippen LogP contribution is -2.31. The first-order chi connectivity index (χ1) is 15.4. The highest BCUT2D eigenvalue weighted by atomic mass is 32.2. The number of benzene rings is 2. The van der Waals surface area contributed by atoms with Crippen molar-refractivity contribution in [3.8, 4) is 11.5 Å². The van der Waals surface area contributed by atoms with E-state index in [4.69, 9.17) is 13.9 Å². The maximum atomic E-state index is 13.6. The van der Waals surface area contributed by atoms with Crippen molar-refractivity contribution >= 4 is 34.8 Å². The quantitative estimate of drug-likeness (QED) is 0.466. The van der Waals surface area contributed by atoms with E-state index in [9.17, 15) is 9.59 Å². The molecule has 0 spiro atoms. The lowest BCUT2D eigenvalue weighted by Gasteiger charge is -2.17. The van der Waals surface area contributed by atoms with Crippen molar-refractivity contribution in [3.05, 3.63) is 82.1 Å². The zero-order chi connectivity index (χ0) is 22.8. The Morgan fingerprint density at radius 2 is 1.62 bits per heavy atom. The summed E-state index contributed by atoms with van der Waals surface area (Å²) in [7, 11) is 3.08. The molecule has 0 aliphatic carbocycles. The van der Waals surface area contributed by atoms with Crippen molar-refractivity contribution in [2.24, 2.45) is 0 Å². The van der Waals surface area contributed by atoms with Crippen LogP contribution in [0.5, 0.6) is 11.5 Å². The van der Waals surface area contributed by atoms with E-state index in [-0.39, 0.29) is 11.8 Å². The fourth-order valence-electron chi connectivity index (χ4n) is 3.74. The number of imide groups is 1. The lowest BCUT2D eigenvalue weighted by atomic mass is 10.1. The minimum absolute atomic E-state index is 0.340. The summed E-state index contributed by atoms with van der Waals surface area (Å²) in [5.74, 6) is 1.47. The van der Waals surface area contributed by atoms with Gasteiger partial charge in [-0.1, -0.05) is 12.1 Å². The molecule has 2 aromatic carbocycles. The predicted molar refractivity (Wildman–Crippen MR) is 125 cm³/mol. The van der Waals surface area contributed by atoms with Crippen LogP contribution in [-0.4, -0.2) is 26.0 Å². The van der Waals surface area contributed by atoms with Gasteiger partial charge in [-0.2, -0.15) is 0 Å². The first kappa shape index (κ1) is 21.8. The summed E-state index contributed by atoms with van der Waals surface area (Å²) in [6, 6.07) is 14.5. The monoisotopic (exact) mass is 449 g/mol. The van der Waals surface area contributed by atoms with Gasteiger partial charge in [0.15, 0.2) is 11.5 Å². The number of anilines is 1. The highest BCUT2D eigenvalue weighted by Crippen LogP contribution is 2.41. The Kier molecular flexibility index (Phi) is 6.10. The zero-order valence-corrected chi connectivity index (χ0v) is 19.1. The molecule has 2 amide bonds. The number of furan rings is 1. The smallest absolute Gasteiger partial charge is 0.272 e. The number of hydrogen-bond acceptors (Lipinski definition) is 6. The van der Waals surface area contributed by atoms with E-state index in [1.165, 1.54) is 23.8 Å². The zero-order valence-electron chi connectivity index (χ0n) is 18.3. The van der Waals surface area contributed by atoms with E-state index in [1.807, 2.05) is 38.1 Å². The first-order valence-corrected chi connectivity index (χ1v) is 11.0.